The van der Waals surface area contributed by atoms with Gasteiger partial charge in [0.2, 0.25) is 5.91 Å². The van der Waals surface area contributed by atoms with Crippen LogP contribution in [0.1, 0.15) is 31.1 Å². The summed E-state index contributed by atoms with van der Waals surface area (Å²) >= 11 is 5.90. The van der Waals surface area contributed by atoms with Crippen molar-refractivity contribution >= 4 is 23.3 Å². The van der Waals surface area contributed by atoms with Crippen LogP contribution >= 0.6 is 11.6 Å². The van der Waals surface area contributed by atoms with Crippen LogP contribution in [0, 0.1) is 5.92 Å². The van der Waals surface area contributed by atoms with Crippen LogP contribution in [-0.2, 0) is 4.79 Å². The number of carbonyl (C=O) groups excluding carboxylic acids is 2. The molecule has 20 heavy (non-hydrogen) atoms. The molecule has 0 fully saturated rings. The van der Waals surface area contributed by atoms with E-state index >= 15 is 0 Å². The van der Waals surface area contributed by atoms with Gasteiger partial charge in [0.15, 0.2) is 5.78 Å². The molecule has 0 aliphatic rings. The van der Waals surface area contributed by atoms with Gasteiger partial charge in [-0.1, -0.05) is 37.6 Å². The summed E-state index contributed by atoms with van der Waals surface area (Å²) in [5, 5.41) is 0.522. The summed E-state index contributed by atoms with van der Waals surface area (Å²) < 4.78 is 0. The van der Waals surface area contributed by atoms with E-state index in [0.29, 0.717) is 23.0 Å². The summed E-state index contributed by atoms with van der Waals surface area (Å²) in [5.41, 5.74) is 5.80. The van der Waals surface area contributed by atoms with Gasteiger partial charge in [-0.3, -0.25) is 14.5 Å². The largest absolute Gasteiger partial charge is 0.369 e. The number of amides is 1. The maximum absolute atomic E-state index is 12.4. The van der Waals surface area contributed by atoms with Crippen LogP contribution in [0.3, 0.4) is 0 Å². The van der Waals surface area contributed by atoms with E-state index in [0.717, 1.165) is 0 Å². The molecule has 1 unspecified atom stereocenters. The Morgan fingerprint density at radius 1 is 1.30 bits per heavy atom. The van der Waals surface area contributed by atoms with E-state index < -0.39 is 11.9 Å². The highest BCUT2D eigenvalue weighted by atomic mass is 35.5. The Morgan fingerprint density at radius 2 is 1.95 bits per heavy atom. The minimum absolute atomic E-state index is 0.0607. The van der Waals surface area contributed by atoms with Gasteiger partial charge in [0.25, 0.3) is 0 Å². The Kier molecular flexibility index (Phi) is 6.17. The first-order valence-corrected chi connectivity index (χ1v) is 7.01. The molecule has 0 aliphatic heterocycles. The molecular weight excluding hydrogens is 276 g/mol. The fourth-order valence-corrected chi connectivity index (χ4v) is 2.27. The van der Waals surface area contributed by atoms with Crippen LogP contribution < -0.4 is 5.73 Å². The first-order valence-electron chi connectivity index (χ1n) is 6.63. The number of rotatable bonds is 7. The number of carbonyl (C=O) groups is 2. The standard InChI is InChI=1S/C15H21ClN2O2/c1-10(2)8-18(9-14(17)19)11(3)15(20)12-5-4-6-13(16)7-12/h4-7,10-11H,8-9H2,1-3H3,(H2,17,19). The van der Waals surface area contributed by atoms with E-state index in [2.05, 4.69) is 0 Å². The molecule has 0 saturated heterocycles. The number of nitrogens with two attached hydrogens (primary N) is 1. The maximum atomic E-state index is 12.4. The zero-order valence-electron chi connectivity index (χ0n) is 12.1. The Labute approximate surface area is 124 Å². The Balaban J connectivity index is 2.90. The molecule has 0 spiro atoms. The molecule has 1 aromatic rings. The van der Waals surface area contributed by atoms with E-state index in [1.165, 1.54) is 0 Å². The molecule has 0 bridgehead atoms. The first-order chi connectivity index (χ1) is 9.31. The van der Waals surface area contributed by atoms with Crippen molar-refractivity contribution in [3.63, 3.8) is 0 Å². The van der Waals surface area contributed by atoms with Crippen LogP contribution in [0.5, 0.6) is 0 Å². The predicted octanol–water partition coefficient (Wildman–Crippen LogP) is 2.35. The van der Waals surface area contributed by atoms with Crippen LogP contribution in [0.4, 0.5) is 0 Å². The SMILES string of the molecule is CC(C)CN(CC(N)=O)C(C)C(=O)c1cccc(Cl)c1. The number of Topliss-reactive ketones (excluding diaryl/α,β-unsaturated/α-hetero) is 1. The van der Waals surface area contributed by atoms with E-state index in [1.807, 2.05) is 13.8 Å². The van der Waals surface area contributed by atoms with Crippen molar-refractivity contribution < 1.29 is 9.59 Å². The topological polar surface area (TPSA) is 63.4 Å². The van der Waals surface area contributed by atoms with Crippen molar-refractivity contribution in [1.29, 1.82) is 0 Å². The second-order valence-electron chi connectivity index (χ2n) is 5.34. The van der Waals surface area contributed by atoms with Crippen molar-refractivity contribution in [2.24, 2.45) is 11.7 Å². The average Bonchev–Trinajstić information content (AvgIpc) is 2.35. The van der Waals surface area contributed by atoms with Crippen LogP contribution in [0.2, 0.25) is 5.02 Å². The van der Waals surface area contributed by atoms with Crippen molar-refractivity contribution in [2.75, 3.05) is 13.1 Å². The average molecular weight is 297 g/mol. The first kappa shape index (κ1) is 16.7. The minimum Gasteiger partial charge on any atom is -0.369 e. The Hall–Kier alpha value is -1.39. The molecule has 4 nitrogen and oxygen atoms in total. The van der Waals surface area contributed by atoms with Crippen molar-refractivity contribution in [3.8, 4) is 0 Å². The lowest BCUT2D eigenvalue weighted by Crippen LogP contribution is -2.45. The number of primary amides is 1. The van der Waals surface area contributed by atoms with Gasteiger partial charge in [-0.05, 0) is 25.0 Å². The highest BCUT2D eigenvalue weighted by molar-refractivity contribution is 6.31. The summed E-state index contributed by atoms with van der Waals surface area (Å²) in [7, 11) is 0. The van der Waals surface area contributed by atoms with Gasteiger partial charge in [0.05, 0.1) is 12.6 Å². The van der Waals surface area contributed by atoms with Gasteiger partial charge in [-0.25, -0.2) is 0 Å². The Bertz CT molecular complexity index is 489. The minimum atomic E-state index is -0.434. The monoisotopic (exact) mass is 296 g/mol. The molecule has 1 amide bonds. The number of hydrogen-bond donors (Lipinski definition) is 1. The summed E-state index contributed by atoms with van der Waals surface area (Å²) in [4.78, 5) is 25.4. The van der Waals surface area contributed by atoms with Gasteiger partial charge in [-0.15, -0.1) is 0 Å². The number of benzene rings is 1. The lowest BCUT2D eigenvalue weighted by Gasteiger charge is -2.28. The lowest BCUT2D eigenvalue weighted by molar-refractivity contribution is -0.119. The van der Waals surface area contributed by atoms with Gasteiger partial charge in [0, 0.05) is 17.1 Å². The van der Waals surface area contributed by atoms with E-state index in [-0.39, 0.29) is 12.3 Å². The lowest BCUT2D eigenvalue weighted by atomic mass is 10.0. The molecule has 0 heterocycles. The highest BCUT2D eigenvalue weighted by Crippen LogP contribution is 2.15. The van der Waals surface area contributed by atoms with Crippen LogP contribution in [0.25, 0.3) is 0 Å². The van der Waals surface area contributed by atoms with E-state index in [1.54, 1.807) is 36.1 Å². The fraction of sp³-hybridized carbons (Fsp3) is 0.467. The van der Waals surface area contributed by atoms with Gasteiger partial charge in [0.1, 0.15) is 0 Å². The Morgan fingerprint density at radius 3 is 2.45 bits per heavy atom. The zero-order valence-corrected chi connectivity index (χ0v) is 12.9. The number of hydrogen-bond acceptors (Lipinski definition) is 3. The summed E-state index contributed by atoms with van der Waals surface area (Å²) in [6.07, 6.45) is 0. The third-order valence-corrected chi connectivity index (χ3v) is 3.23. The second kappa shape index (κ2) is 7.41. The van der Waals surface area contributed by atoms with Crippen molar-refractivity contribution in [1.82, 2.24) is 4.90 Å². The van der Waals surface area contributed by atoms with Gasteiger partial charge in [-0.2, -0.15) is 0 Å². The third kappa shape index (κ3) is 4.94. The molecule has 110 valence electrons. The summed E-state index contributed by atoms with van der Waals surface area (Å²) in [6, 6.07) is 6.41. The van der Waals surface area contributed by atoms with Crippen molar-refractivity contribution in [2.45, 2.75) is 26.8 Å². The summed E-state index contributed by atoms with van der Waals surface area (Å²) in [6.45, 7) is 6.56. The normalized spacial score (nSPS) is 12.7. The molecule has 0 radical (unpaired) electrons. The van der Waals surface area contributed by atoms with Crippen LogP contribution in [-0.4, -0.2) is 35.7 Å². The van der Waals surface area contributed by atoms with Gasteiger partial charge >= 0.3 is 0 Å². The molecule has 1 atom stereocenters. The molecule has 0 aromatic heterocycles. The van der Waals surface area contributed by atoms with E-state index in [4.69, 9.17) is 17.3 Å². The van der Waals surface area contributed by atoms with E-state index in [9.17, 15) is 9.59 Å². The fourth-order valence-electron chi connectivity index (χ4n) is 2.08. The molecule has 0 saturated carbocycles. The molecule has 0 aliphatic carbocycles. The molecule has 1 aromatic carbocycles. The zero-order chi connectivity index (χ0) is 15.3. The van der Waals surface area contributed by atoms with Gasteiger partial charge < -0.3 is 5.73 Å². The maximum Gasteiger partial charge on any atom is 0.231 e. The van der Waals surface area contributed by atoms with Crippen LogP contribution in [0.15, 0.2) is 24.3 Å². The molecule has 2 N–H and O–H groups in total. The molecular formula is C15H21ClN2O2. The highest BCUT2D eigenvalue weighted by Gasteiger charge is 2.24. The molecule has 5 heteroatoms. The van der Waals surface area contributed by atoms with Crippen molar-refractivity contribution in [3.05, 3.63) is 34.9 Å². The number of nitrogens with zero attached hydrogens (tertiary/aromatic N) is 1. The summed E-state index contributed by atoms with van der Waals surface area (Å²) in [5.74, 6) is -0.158. The molecule has 1 rings (SSSR count). The third-order valence-electron chi connectivity index (χ3n) is 2.99. The smallest absolute Gasteiger partial charge is 0.231 e. The number of ketones is 1. The second-order valence-corrected chi connectivity index (χ2v) is 5.78. The number of halogens is 1. The predicted molar refractivity (Wildman–Crippen MR) is 80.8 cm³/mol. The quantitative estimate of drug-likeness (QED) is 0.786.